The Bertz CT molecular complexity index is 342. The van der Waals surface area contributed by atoms with Gasteiger partial charge in [0, 0.05) is 18.5 Å². The van der Waals surface area contributed by atoms with Gasteiger partial charge in [-0.15, -0.1) is 0 Å². The van der Waals surface area contributed by atoms with Crippen LogP contribution in [0.15, 0.2) is 0 Å². The van der Waals surface area contributed by atoms with Gasteiger partial charge in [0.25, 0.3) is 0 Å². The predicted molar refractivity (Wildman–Crippen MR) is 87.3 cm³/mol. The summed E-state index contributed by atoms with van der Waals surface area (Å²) in [6, 6.07) is 0. The lowest BCUT2D eigenvalue weighted by Gasteiger charge is -2.39. The quantitative estimate of drug-likeness (QED) is 0.817. The van der Waals surface area contributed by atoms with Crippen LogP contribution >= 0.6 is 0 Å². The summed E-state index contributed by atoms with van der Waals surface area (Å²) in [7, 11) is 4.19. The number of carbonyl (C=O) groups is 1. The molecule has 1 saturated heterocycles. The maximum atomic E-state index is 12.4. The van der Waals surface area contributed by atoms with Crippen LogP contribution in [-0.2, 0) is 4.79 Å². The van der Waals surface area contributed by atoms with Crippen LogP contribution in [0.25, 0.3) is 0 Å². The van der Waals surface area contributed by atoms with Crippen molar-refractivity contribution in [2.24, 2.45) is 5.41 Å². The SMILES string of the molecule is CNC1(CC(=O)NCC2(C)CCN(C)CC2)CCCCC1. The minimum atomic E-state index is 0.0516. The van der Waals surface area contributed by atoms with E-state index < -0.39 is 0 Å². The molecule has 0 aromatic heterocycles. The highest BCUT2D eigenvalue weighted by atomic mass is 16.1. The Morgan fingerprint density at radius 1 is 1.10 bits per heavy atom. The Kier molecular flexibility index (Phi) is 5.67. The molecule has 1 aliphatic heterocycles. The average Bonchev–Trinajstić information content (AvgIpc) is 2.50. The van der Waals surface area contributed by atoms with Gasteiger partial charge in [0.1, 0.15) is 0 Å². The van der Waals surface area contributed by atoms with E-state index in [1.807, 2.05) is 7.05 Å². The summed E-state index contributed by atoms with van der Waals surface area (Å²) in [6.07, 6.45) is 9.09. The van der Waals surface area contributed by atoms with Crippen LogP contribution in [0.1, 0.15) is 58.3 Å². The van der Waals surface area contributed by atoms with Crippen molar-refractivity contribution >= 4 is 5.91 Å². The van der Waals surface area contributed by atoms with Gasteiger partial charge in [-0.3, -0.25) is 4.79 Å². The number of piperidine rings is 1. The fourth-order valence-corrected chi connectivity index (χ4v) is 3.76. The number of carbonyl (C=O) groups excluding carboxylic acids is 1. The standard InChI is InChI=1S/C17H33N3O/c1-16(9-11-20(3)12-10-16)14-19-15(21)13-17(18-2)7-5-4-6-8-17/h18H,4-14H2,1-3H3,(H,19,21). The predicted octanol–water partition coefficient (Wildman–Crippen LogP) is 2.15. The molecule has 2 aliphatic rings. The first kappa shape index (κ1) is 16.8. The molecule has 1 saturated carbocycles. The third-order valence-corrected chi connectivity index (χ3v) is 5.75. The van der Waals surface area contributed by atoms with Gasteiger partial charge in [0.2, 0.25) is 5.91 Å². The van der Waals surface area contributed by atoms with Crippen LogP contribution in [0.4, 0.5) is 0 Å². The summed E-state index contributed by atoms with van der Waals surface area (Å²) in [5, 5.41) is 6.65. The monoisotopic (exact) mass is 295 g/mol. The zero-order chi connectivity index (χ0) is 15.3. The second-order valence-electron chi connectivity index (χ2n) is 7.66. The summed E-state index contributed by atoms with van der Waals surface area (Å²) in [6.45, 7) is 5.44. The molecule has 0 unspecified atom stereocenters. The molecule has 0 atom stereocenters. The van der Waals surface area contributed by atoms with E-state index in [0.717, 1.165) is 32.5 Å². The van der Waals surface area contributed by atoms with Crippen molar-refractivity contribution in [3.05, 3.63) is 0 Å². The molecule has 4 nitrogen and oxygen atoms in total. The van der Waals surface area contributed by atoms with Gasteiger partial charge >= 0.3 is 0 Å². The van der Waals surface area contributed by atoms with Crippen LogP contribution < -0.4 is 10.6 Å². The Hall–Kier alpha value is -0.610. The van der Waals surface area contributed by atoms with E-state index in [1.54, 1.807) is 0 Å². The maximum Gasteiger partial charge on any atom is 0.221 e. The number of likely N-dealkylation sites (tertiary alicyclic amines) is 1. The van der Waals surface area contributed by atoms with Crippen LogP contribution in [0, 0.1) is 5.41 Å². The van der Waals surface area contributed by atoms with Gasteiger partial charge in [-0.1, -0.05) is 26.2 Å². The lowest BCUT2D eigenvalue weighted by molar-refractivity contribution is -0.123. The summed E-state index contributed by atoms with van der Waals surface area (Å²) < 4.78 is 0. The smallest absolute Gasteiger partial charge is 0.221 e. The highest BCUT2D eigenvalue weighted by molar-refractivity contribution is 5.77. The molecule has 21 heavy (non-hydrogen) atoms. The molecule has 2 rings (SSSR count). The van der Waals surface area contributed by atoms with Gasteiger partial charge in [-0.05, 0) is 58.3 Å². The molecule has 0 aromatic carbocycles. The lowest BCUT2D eigenvalue weighted by atomic mass is 9.78. The van der Waals surface area contributed by atoms with Crippen molar-refractivity contribution in [1.82, 2.24) is 15.5 Å². The zero-order valence-electron chi connectivity index (χ0n) is 14.1. The topological polar surface area (TPSA) is 44.4 Å². The molecule has 0 bridgehead atoms. The molecule has 0 radical (unpaired) electrons. The van der Waals surface area contributed by atoms with Gasteiger partial charge < -0.3 is 15.5 Å². The molecular formula is C17H33N3O. The van der Waals surface area contributed by atoms with Crippen molar-refractivity contribution in [2.45, 2.75) is 63.8 Å². The number of amides is 1. The summed E-state index contributed by atoms with van der Waals surface area (Å²) in [5.41, 5.74) is 0.331. The molecule has 122 valence electrons. The van der Waals surface area contributed by atoms with Crippen LogP contribution in [0.5, 0.6) is 0 Å². The van der Waals surface area contributed by atoms with E-state index in [9.17, 15) is 4.79 Å². The third kappa shape index (κ3) is 4.68. The van der Waals surface area contributed by atoms with E-state index in [0.29, 0.717) is 6.42 Å². The second-order valence-corrected chi connectivity index (χ2v) is 7.66. The first-order chi connectivity index (χ1) is 9.97. The van der Waals surface area contributed by atoms with E-state index in [1.165, 1.54) is 32.1 Å². The molecule has 1 amide bonds. The fraction of sp³-hybridized carbons (Fsp3) is 0.941. The third-order valence-electron chi connectivity index (χ3n) is 5.75. The average molecular weight is 295 g/mol. The van der Waals surface area contributed by atoms with Gasteiger partial charge in [0.05, 0.1) is 0 Å². The summed E-state index contributed by atoms with van der Waals surface area (Å²) >= 11 is 0. The normalized spacial score (nSPS) is 25.5. The first-order valence-electron chi connectivity index (χ1n) is 8.61. The zero-order valence-corrected chi connectivity index (χ0v) is 14.1. The molecule has 0 aromatic rings. The van der Waals surface area contributed by atoms with E-state index >= 15 is 0 Å². The highest BCUT2D eigenvalue weighted by Crippen LogP contribution is 2.32. The molecule has 2 N–H and O–H groups in total. The number of rotatable bonds is 5. The minimum Gasteiger partial charge on any atom is -0.355 e. The largest absolute Gasteiger partial charge is 0.355 e. The Morgan fingerprint density at radius 3 is 2.29 bits per heavy atom. The molecule has 1 aliphatic carbocycles. The van der Waals surface area contributed by atoms with E-state index in [-0.39, 0.29) is 16.9 Å². The second kappa shape index (κ2) is 7.10. The molecule has 0 spiro atoms. The molecule has 4 heteroatoms. The number of nitrogens with one attached hydrogen (secondary N) is 2. The molecular weight excluding hydrogens is 262 g/mol. The van der Waals surface area contributed by atoms with Crippen molar-refractivity contribution in [1.29, 1.82) is 0 Å². The molecule has 1 heterocycles. The maximum absolute atomic E-state index is 12.4. The van der Waals surface area contributed by atoms with Crippen LogP contribution in [0.3, 0.4) is 0 Å². The highest BCUT2D eigenvalue weighted by Gasteiger charge is 2.34. The molecule has 2 fully saturated rings. The number of nitrogens with zero attached hydrogens (tertiary/aromatic N) is 1. The van der Waals surface area contributed by atoms with Crippen LogP contribution in [0.2, 0.25) is 0 Å². The van der Waals surface area contributed by atoms with Crippen LogP contribution in [-0.4, -0.2) is 50.1 Å². The van der Waals surface area contributed by atoms with Gasteiger partial charge in [-0.2, -0.15) is 0 Å². The first-order valence-corrected chi connectivity index (χ1v) is 8.61. The lowest BCUT2D eigenvalue weighted by Crippen LogP contribution is -2.50. The Morgan fingerprint density at radius 2 is 1.71 bits per heavy atom. The summed E-state index contributed by atoms with van der Waals surface area (Å²) in [5.74, 6) is 0.228. The Balaban J connectivity index is 1.78. The minimum absolute atomic E-state index is 0.0516. The number of hydrogen-bond donors (Lipinski definition) is 2. The van der Waals surface area contributed by atoms with Crippen molar-refractivity contribution in [3.8, 4) is 0 Å². The van der Waals surface area contributed by atoms with Crippen molar-refractivity contribution in [3.63, 3.8) is 0 Å². The Labute approximate surface area is 130 Å². The van der Waals surface area contributed by atoms with E-state index in [2.05, 4.69) is 29.5 Å². The van der Waals surface area contributed by atoms with Gasteiger partial charge in [0.15, 0.2) is 0 Å². The fourth-order valence-electron chi connectivity index (χ4n) is 3.76. The van der Waals surface area contributed by atoms with Crippen molar-refractivity contribution < 1.29 is 4.79 Å². The van der Waals surface area contributed by atoms with E-state index in [4.69, 9.17) is 0 Å². The van der Waals surface area contributed by atoms with Crippen molar-refractivity contribution in [2.75, 3.05) is 33.7 Å². The summed E-state index contributed by atoms with van der Waals surface area (Å²) in [4.78, 5) is 14.7. The number of hydrogen-bond acceptors (Lipinski definition) is 3. The van der Waals surface area contributed by atoms with Gasteiger partial charge in [-0.25, -0.2) is 0 Å².